The highest BCUT2D eigenvalue weighted by atomic mass is 19.1. The first-order valence-electron chi connectivity index (χ1n) is 8.16. The highest BCUT2D eigenvalue weighted by Gasteiger charge is 2.05. The molecular weight excluding hydrogens is 331 g/mol. The van der Waals surface area contributed by atoms with Gasteiger partial charge in [-0.1, -0.05) is 6.07 Å². The van der Waals surface area contributed by atoms with Crippen LogP contribution in [0.1, 0.15) is 11.3 Å². The highest BCUT2D eigenvalue weighted by Crippen LogP contribution is 2.23. The first kappa shape index (κ1) is 16.0. The quantitative estimate of drug-likeness (QED) is 0.502. The van der Waals surface area contributed by atoms with Crippen LogP contribution in [-0.2, 0) is 0 Å². The summed E-state index contributed by atoms with van der Waals surface area (Å²) in [6.45, 7) is 3.70. The molecule has 0 fully saturated rings. The summed E-state index contributed by atoms with van der Waals surface area (Å²) < 4.78 is 13.7. The lowest BCUT2D eigenvalue weighted by Gasteiger charge is -2.09. The number of rotatable bonds is 4. The molecule has 0 saturated heterocycles. The van der Waals surface area contributed by atoms with E-state index in [1.165, 1.54) is 6.07 Å². The zero-order valence-corrected chi connectivity index (χ0v) is 14.3. The number of aromatic nitrogens is 4. The van der Waals surface area contributed by atoms with Crippen LogP contribution < -0.4 is 10.6 Å². The molecule has 0 spiro atoms. The molecule has 3 N–H and O–H groups in total. The highest BCUT2D eigenvalue weighted by molar-refractivity contribution is 5.85. The van der Waals surface area contributed by atoms with E-state index in [9.17, 15) is 4.39 Å². The topological polar surface area (TPSA) is 78.5 Å². The largest absolute Gasteiger partial charge is 0.340 e. The Morgan fingerprint density at radius 3 is 2.62 bits per heavy atom. The Balaban J connectivity index is 1.55. The van der Waals surface area contributed by atoms with Gasteiger partial charge in [0.2, 0.25) is 5.95 Å². The van der Waals surface area contributed by atoms with Crippen molar-refractivity contribution in [3.63, 3.8) is 0 Å². The van der Waals surface area contributed by atoms with E-state index < -0.39 is 0 Å². The maximum absolute atomic E-state index is 13.7. The molecule has 0 atom stereocenters. The van der Waals surface area contributed by atoms with Gasteiger partial charge in [-0.15, -0.1) is 0 Å². The number of hydrogen-bond donors (Lipinski definition) is 3. The molecular formula is C19H17FN6. The number of aryl methyl sites for hydroxylation is 2. The predicted octanol–water partition coefficient (Wildman–Crippen LogP) is 4.60. The lowest BCUT2D eigenvalue weighted by atomic mass is 10.2. The second-order valence-electron chi connectivity index (χ2n) is 6.06. The van der Waals surface area contributed by atoms with Crippen LogP contribution in [0.15, 0.2) is 48.7 Å². The van der Waals surface area contributed by atoms with E-state index in [0.717, 1.165) is 22.3 Å². The van der Waals surface area contributed by atoms with E-state index in [1.54, 1.807) is 31.3 Å². The maximum Gasteiger partial charge on any atom is 0.229 e. The second kappa shape index (κ2) is 6.44. The van der Waals surface area contributed by atoms with Gasteiger partial charge in [-0.25, -0.2) is 9.37 Å². The van der Waals surface area contributed by atoms with Crippen molar-refractivity contribution in [2.45, 2.75) is 13.8 Å². The average Bonchev–Trinajstić information content (AvgIpc) is 2.99. The normalized spacial score (nSPS) is 10.9. The summed E-state index contributed by atoms with van der Waals surface area (Å²) in [6.07, 6.45) is 1.64. The van der Waals surface area contributed by atoms with Gasteiger partial charge in [-0.05, 0) is 55.8 Å². The second-order valence-corrected chi connectivity index (χ2v) is 6.06. The fourth-order valence-corrected chi connectivity index (χ4v) is 2.66. The number of aromatic amines is 1. The van der Waals surface area contributed by atoms with Crippen molar-refractivity contribution in [3.05, 3.63) is 65.7 Å². The maximum atomic E-state index is 13.7. The summed E-state index contributed by atoms with van der Waals surface area (Å²) in [5.74, 6) is 0.739. The molecule has 4 aromatic rings. The van der Waals surface area contributed by atoms with Gasteiger partial charge in [-0.3, -0.25) is 5.10 Å². The van der Waals surface area contributed by atoms with Gasteiger partial charge in [0.1, 0.15) is 11.6 Å². The van der Waals surface area contributed by atoms with Crippen LogP contribution in [0.4, 0.5) is 27.5 Å². The predicted molar refractivity (Wildman–Crippen MR) is 101 cm³/mol. The third kappa shape index (κ3) is 3.19. The third-order valence-corrected chi connectivity index (χ3v) is 4.10. The number of fused-ring (bicyclic) bond motifs is 1. The minimum atomic E-state index is -0.271. The molecule has 2 aromatic heterocycles. The number of nitrogens with one attached hydrogen (secondary N) is 3. The number of halogens is 1. The SMILES string of the molecule is Cc1ccc(Nc2nccc(Nc3ccc4c(C)[nH]nc4c3)n2)cc1F. The minimum Gasteiger partial charge on any atom is -0.340 e. The molecule has 0 saturated carbocycles. The summed E-state index contributed by atoms with van der Waals surface area (Å²) in [5, 5.41) is 14.6. The van der Waals surface area contributed by atoms with Crippen molar-refractivity contribution in [3.8, 4) is 0 Å². The number of benzene rings is 2. The van der Waals surface area contributed by atoms with Gasteiger partial charge in [0.15, 0.2) is 0 Å². The van der Waals surface area contributed by atoms with E-state index in [-0.39, 0.29) is 5.82 Å². The van der Waals surface area contributed by atoms with Crippen LogP contribution in [0.5, 0.6) is 0 Å². The van der Waals surface area contributed by atoms with Crippen LogP contribution in [0.25, 0.3) is 10.9 Å². The zero-order chi connectivity index (χ0) is 18.1. The van der Waals surface area contributed by atoms with E-state index in [0.29, 0.717) is 23.0 Å². The monoisotopic (exact) mass is 348 g/mol. The van der Waals surface area contributed by atoms with Crippen molar-refractivity contribution in [1.82, 2.24) is 20.2 Å². The molecule has 26 heavy (non-hydrogen) atoms. The minimum absolute atomic E-state index is 0.271. The molecule has 0 radical (unpaired) electrons. The molecule has 0 amide bonds. The fraction of sp³-hybridized carbons (Fsp3) is 0.105. The van der Waals surface area contributed by atoms with Crippen molar-refractivity contribution in [1.29, 1.82) is 0 Å². The van der Waals surface area contributed by atoms with Gasteiger partial charge >= 0.3 is 0 Å². The summed E-state index contributed by atoms with van der Waals surface area (Å²) in [7, 11) is 0. The van der Waals surface area contributed by atoms with Crippen molar-refractivity contribution in [2.24, 2.45) is 0 Å². The Kier molecular flexibility index (Phi) is 3.96. The Hall–Kier alpha value is -3.48. The molecule has 4 rings (SSSR count). The van der Waals surface area contributed by atoms with Crippen molar-refractivity contribution >= 4 is 34.0 Å². The van der Waals surface area contributed by atoms with Crippen molar-refractivity contribution in [2.75, 3.05) is 10.6 Å². The summed E-state index contributed by atoms with van der Waals surface area (Å²) in [5.41, 5.74) is 3.98. The number of anilines is 4. The third-order valence-electron chi connectivity index (χ3n) is 4.10. The molecule has 0 aliphatic heterocycles. The summed E-state index contributed by atoms with van der Waals surface area (Å²) >= 11 is 0. The van der Waals surface area contributed by atoms with E-state index in [1.807, 2.05) is 25.1 Å². The summed E-state index contributed by atoms with van der Waals surface area (Å²) in [6, 6.07) is 12.6. The molecule has 0 unspecified atom stereocenters. The Morgan fingerprint density at radius 2 is 1.77 bits per heavy atom. The zero-order valence-electron chi connectivity index (χ0n) is 14.3. The standard InChI is InChI=1S/C19H17FN6/c1-11-3-4-13(9-16(11)20)23-19-21-8-7-18(24-19)22-14-5-6-15-12(2)25-26-17(15)10-14/h3-10H,1-2H3,(H,25,26)(H2,21,22,23,24). The Bertz CT molecular complexity index is 1090. The molecule has 2 heterocycles. The summed E-state index contributed by atoms with van der Waals surface area (Å²) in [4.78, 5) is 8.60. The first-order chi connectivity index (χ1) is 12.6. The van der Waals surface area contributed by atoms with E-state index in [2.05, 4.69) is 30.8 Å². The van der Waals surface area contributed by atoms with Crippen LogP contribution in [-0.4, -0.2) is 20.2 Å². The lowest BCUT2D eigenvalue weighted by Crippen LogP contribution is -2.00. The molecule has 6 nitrogen and oxygen atoms in total. The smallest absolute Gasteiger partial charge is 0.229 e. The average molecular weight is 348 g/mol. The molecule has 0 aliphatic carbocycles. The van der Waals surface area contributed by atoms with Gasteiger partial charge in [0, 0.05) is 28.7 Å². The molecule has 2 aromatic carbocycles. The van der Waals surface area contributed by atoms with Gasteiger partial charge < -0.3 is 10.6 Å². The van der Waals surface area contributed by atoms with Crippen molar-refractivity contribution < 1.29 is 4.39 Å². The van der Waals surface area contributed by atoms with Gasteiger partial charge in [-0.2, -0.15) is 10.1 Å². The van der Waals surface area contributed by atoms with Crippen LogP contribution in [0.2, 0.25) is 0 Å². The molecule has 0 aliphatic rings. The number of hydrogen-bond acceptors (Lipinski definition) is 5. The van der Waals surface area contributed by atoms with Crippen LogP contribution in [0.3, 0.4) is 0 Å². The first-order valence-corrected chi connectivity index (χ1v) is 8.16. The Labute approximate surface area is 149 Å². The Morgan fingerprint density at radius 1 is 0.962 bits per heavy atom. The molecule has 0 bridgehead atoms. The van der Waals surface area contributed by atoms with Crippen LogP contribution >= 0.6 is 0 Å². The fourth-order valence-electron chi connectivity index (χ4n) is 2.66. The van der Waals surface area contributed by atoms with Gasteiger partial charge in [0.25, 0.3) is 0 Å². The van der Waals surface area contributed by atoms with Gasteiger partial charge in [0.05, 0.1) is 5.52 Å². The molecule has 130 valence electrons. The molecule has 7 heteroatoms. The lowest BCUT2D eigenvalue weighted by molar-refractivity contribution is 0.619. The van der Waals surface area contributed by atoms with E-state index >= 15 is 0 Å². The number of H-pyrrole nitrogens is 1. The van der Waals surface area contributed by atoms with E-state index in [4.69, 9.17) is 0 Å². The van der Waals surface area contributed by atoms with Crippen LogP contribution in [0, 0.1) is 19.7 Å². The number of nitrogens with zero attached hydrogens (tertiary/aromatic N) is 3.